The molecule has 0 spiro atoms. The molecule has 2 aliphatic rings. The van der Waals surface area contributed by atoms with Crippen LogP contribution in [-0.4, -0.2) is 10.9 Å². The molecule has 0 aromatic carbocycles. The van der Waals surface area contributed by atoms with Gasteiger partial charge in [-0.1, -0.05) is 20.8 Å². The summed E-state index contributed by atoms with van der Waals surface area (Å²) in [6.07, 6.45) is 5.87. The van der Waals surface area contributed by atoms with E-state index in [0.717, 1.165) is 18.8 Å². The summed E-state index contributed by atoms with van der Waals surface area (Å²) in [4.78, 5) is 4.75. The quantitative estimate of drug-likeness (QED) is 0.528. The average Bonchev–Trinajstić information content (AvgIpc) is 1.96. The van der Waals surface area contributed by atoms with Crippen LogP contribution in [0.2, 0.25) is 0 Å². The fourth-order valence-corrected chi connectivity index (χ4v) is 4.78. The number of rotatable bonds is 1. The molecule has 0 heterocycles. The topological polar surface area (TPSA) is 29.5 Å². The molecule has 3 unspecified atom stereocenters. The van der Waals surface area contributed by atoms with Crippen molar-refractivity contribution in [2.24, 2.45) is 16.7 Å². The zero-order chi connectivity index (χ0) is 11.3. The van der Waals surface area contributed by atoms with Crippen LogP contribution >= 0.6 is 0 Å². The van der Waals surface area contributed by atoms with Crippen molar-refractivity contribution in [3.05, 3.63) is 0 Å². The predicted octanol–water partition coefficient (Wildman–Crippen LogP) is 3.86. The van der Waals surface area contributed by atoms with Gasteiger partial charge in [0.1, 0.15) is 5.60 Å². The lowest BCUT2D eigenvalue weighted by atomic mass is 9.52. The highest BCUT2D eigenvalue weighted by atomic mass is 17.1. The van der Waals surface area contributed by atoms with Crippen molar-refractivity contribution in [2.45, 2.75) is 65.4 Å². The van der Waals surface area contributed by atoms with Crippen LogP contribution in [0.3, 0.4) is 0 Å². The van der Waals surface area contributed by atoms with Gasteiger partial charge in [0.25, 0.3) is 0 Å². The van der Waals surface area contributed by atoms with Gasteiger partial charge >= 0.3 is 0 Å². The van der Waals surface area contributed by atoms with Crippen LogP contribution in [0.1, 0.15) is 59.8 Å². The first-order valence-corrected chi connectivity index (χ1v) is 6.09. The van der Waals surface area contributed by atoms with Gasteiger partial charge in [-0.3, -0.25) is 5.26 Å². The maximum Gasteiger partial charge on any atom is 0.101 e. The van der Waals surface area contributed by atoms with Gasteiger partial charge in [0, 0.05) is 0 Å². The second kappa shape index (κ2) is 3.21. The van der Waals surface area contributed by atoms with Crippen LogP contribution in [0.15, 0.2) is 0 Å². The Kier molecular flexibility index (Phi) is 2.44. The molecule has 88 valence electrons. The van der Waals surface area contributed by atoms with E-state index in [-0.39, 0.29) is 5.60 Å². The second-order valence-electron chi connectivity index (χ2n) is 7.35. The lowest BCUT2D eigenvalue weighted by molar-refractivity contribution is -0.339. The van der Waals surface area contributed by atoms with Gasteiger partial charge in [0.05, 0.1) is 0 Å². The van der Waals surface area contributed by atoms with Gasteiger partial charge in [-0.25, -0.2) is 4.89 Å². The van der Waals surface area contributed by atoms with Crippen molar-refractivity contribution in [2.75, 3.05) is 0 Å². The van der Waals surface area contributed by atoms with Gasteiger partial charge in [0.15, 0.2) is 0 Å². The first-order chi connectivity index (χ1) is 6.76. The summed E-state index contributed by atoms with van der Waals surface area (Å²) in [5.41, 5.74) is 0.533. The van der Waals surface area contributed by atoms with Gasteiger partial charge in [-0.2, -0.15) is 0 Å². The van der Waals surface area contributed by atoms with Crippen molar-refractivity contribution in [1.29, 1.82) is 0 Å². The lowest BCUT2D eigenvalue weighted by Gasteiger charge is -2.54. The fourth-order valence-electron chi connectivity index (χ4n) is 4.78. The standard InChI is InChI=1S/C13H24O2/c1-11(2)5-10-6-12(3,8-11)9-13(4,7-10)15-14/h10,14H,5-9H2,1-4H3. The molecular weight excluding hydrogens is 188 g/mol. The number of fused-ring (bicyclic) bond motifs is 2. The van der Waals surface area contributed by atoms with Crippen LogP contribution in [-0.2, 0) is 4.89 Å². The fraction of sp³-hybridized carbons (Fsp3) is 1.00. The predicted molar refractivity (Wildman–Crippen MR) is 60.6 cm³/mol. The van der Waals surface area contributed by atoms with E-state index < -0.39 is 0 Å². The van der Waals surface area contributed by atoms with Crippen LogP contribution in [0.4, 0.5) is 0 Å². The molecule has 2 rings (SSSR count). The Bertz CT molecular complexity index is 259. The molecular formula is C13H24O2. The minimum absolute atomic E-state index is 0.297. The Morgan fingerprint density at radius 1 is 1.00 bits per heavy atom. The highest BCUT2D eigenvalue weighted by Gasteiger charge is 2.51. The molecule has 0 amide bonds. The minimum Gasteiger partial charge on any atom is -0.251 e. The molecule has 0 aromatic heterocycles. The number of hydrogen-bond acceptors (Lipinski definition) is 2. The molecule has 2 nitrogen and oxygen atoms in total. The number of hydrogen-bond donors (Lipinski definition) is 1. The molecule has 0 saturated heterocycles. The zero-order valence-electron chi connectivity index (χ0n) is 10.5. The monoisotopic (exact) mass is 212 g/mol. The molecule has 2 fully saturated rings. The summed E-state index contributed by atoms with van der Waals surface area (Å²) in [5.74, 6) is 0.727. The van der Waals surface area contributed by atoms with Crippen LogP contribution in [0, 0.1) is 16.7 Å². The molecule has 0 aliphatic heterocycles. The normalized spacial score (nSPS) is 49.0. The SMILES string of the molecule is CC1(C)CC2CC(C)(C1)CC(C)(OO)C2. The Hall–Kier alpha value is -0.0800. The maximum atomic E-state index is 9.05. The third-order valence-corrected chi connectivity index (χ3v) is 4.27. The smallest absolute Gasteiger partial charge is 0.101 e. The Balaban J connectivity index is 2.21. The Morgan fingerprint density at radius 3 is 2.20 bits per heavy atom. The van der Waals surface area contributed by atoms with Crippen LogP contribution in [0.5, 0.6) is 0 Å². The molecule has 3 atom stereocenters. The zero-order valence-corrected chi connectivity index (χ0v) is 10.5. The van der Waals surface area contributed by atoms with Crippen molar-refractivity contribution in [3.63, 3.8) is 0 Å². The molecule has 2 aliphatic carbocycles. The van der Waals surface area contributed by atoms with Gasteiger partial charge in [-0.15, -0.1) is 0 Å². The van der Waals surface area contributed by atoms with Crippen molar-refractivity contribution >= 4 is 0 Å². The molecule has 2 bridgehead atoms. The highest BCUT2D eigenvalue weighted by Crippen LogP contribution is 2.58. The lowest BCUT2D eigenvalue weighted by Crippen LogP contribution is -2.49. The largest absolute Gasteiger partial charge is 0.251 e. The van der Waals surface area contributed by atoms with E-state index in [4.69, 9.17) is 10.1 Å². The summed E-state index contributed by atoms with van der Waals surface area (Å²) < 4.78 is 0. The molecule has 2 heteroatoms. The molecule has 2 saturated carbocycles. The summed E-state index contributed by atoms with van der Waals surface area (Å²) >= 11 is 0. The summed E-state index contributed by atoms with van der Waals surface area (Å²) in [7, 11) is 0. The van der Waals surface area contributed by atoms with Crippen LogP contribution in [0.25, 0.3) is 0 Å². The third-order valence-electron chi connectivity index (χ3n) is 4.27. The van der Waals surface area contributed by atoms with Crippen molar-refractivity contribution in [1.82, 2.24) is 0 Å². The summed E-state index contributed by atoms with van der Waals surface area (Å²) in [5, 5.41) is 9.05. The minimum atomic E-state index is -0.297. The highest BCUT2D eigenvalue weighted by molar-refractivity contribution is 5.01. The van der Waals surface area contributed by atoms with Gasteiger partial charge in [-0.05, 0) is 55.8 Å². The average molecular weight is 212 g/mol. The van der Waals surface area contributed by atoms with E-state index >= 15 is 0 Å². The van der Waals surface area contributed by atoms with E-state index in [1.165, 1.54) is 19.3 Å². The third kappa shape index (κ3) is 2.21. The van der Waals surface area contributed by atoms with Gasteiger partial charge < -0.3 is 0 Å². The van der Waals surface area contributed by atoms with E-state index in [0.29, 0.717) is 10.8 Å². The van der Waals surface area contributed by atoms with E-state index in [1.807, 2.05) is 0 Å². The van der Waals surface area contributed by atoms with Crippen molar-refractivity contribution < 1.29 is 10.1 Å². The Morgan fingerprint density at radius 2 is 1.67 bits per heavy atom. The summed E-state index contributed by atoms with van der Waals surface area (Å²) in [6, 6.07) is 0. The van der Waals surface area contributed by atoms with Crippen LogP contribution < -0.4 is 0 Å². The molecule has 0 radical (unpaired) electrons. The maximum absolute atomic E-state index is 9.05. The van der Waals surface area contributed by atoms with Crippen molar-refractivity contribution in [3.8, 4) is 0 Å². The van der Waals surface area contributed by atoms with E-state index in [2.05, 4.69) is 27.7 Å². The van der Waals surface area contributed by atoms with Gasteiger partial charge in [0.2, 0.25) is 0 Å². The molecule has 1 N–H and O–H groups in total. The first-order valence-electron chi connectivity index (χ1n) is 6.09. The van der Waals surface area contributed by atoms with E-state index in [9.17, 15) is 0 Å². The molecule has 0 aromatic rings. The second-order valence-corrected chi connectivity index (χ2v) is 7.35. The Labute approximate surface area is 92.9 Å². The first kappa shape index (κ1) is 11.4. The summed E-state index contributed by atoms with van der Waals surface area (Å²) in [6.45, 7) is 9.16. The molecule has 15 heavy (non-hydrogen) atoms. The van der Waals surface area contributed by atoms with E-state index in [1.54, 1.807) is 0 Å².